The zero-order valence-corrected chi connectivity index (χ0v) is 10.1. The Labute approximate surface area is 101 Å². The van der Waals surface area contributed by atoms with Crippen LogP contribution in [0.15, 0.2) is 18.2 Å². The summed E-state index contributed by atoms with van der Waals surface area (Å²) in [7, 11) is 2.07. The SMILES string of the molecule is CN1CCC(C(O)c2cc(F)ccc2N)CC1. The molecule has 1 unspecified atom stereocenters. The van der Waals surface area contributed by atoms with Gasteiger partial charge in [0.15, 0.2) is 0 Å². The molecule has 0 saturated carbocycles. The maximum atomic E-state index is 13.2. The molecule has 0 radical (unpaired) electrons. The van der Waals surface area contributed by atoms with Gasteiger partial charge >= 0.3 is 0 Å². The second-order valence-corrected chi connectivity index (χ2v) is 4.86. The van der Waals surface area contributed by atoms with E-state index in [-0.39, 0.29) is 11.7 Å². The molecule has 1 heterocycles. The summed E-state index contributed by atoms with van der Waals surface area (Å²) in [5.74, 6) is -0.170. The molecule has 1 saturated heterocycles. The van der Waals surface area contributed by atoms with E-state index in [4.69, 9.17) is 5.73 Å². The quantitative estimate of drug-likeness (QED) is 0.772. The summed E-state index contributed by atoms with van der Waals surface area (Å²) in [4.78, 5) is 2.23. The van der Waals surface area contributed by atoms with Crippen LogP contribution in [0.3, 0.4) is 0 Å². The maximum absolute atomic E-state index is 13.2. The number of nitrogen functional groups attached to an aromatic ring is 1. The maximum Gasteiger partial charge on any atom is 0.123 e. The molecule has 1 aromatic rings. The van der Waals surface area contributed by atoms with Crippen LogP contribution in [0.2, 0.25) is 0 Å². The van der Waals surface area contributed by atoms with E-state index >= 15 is 0 Å². The van der Waals surface area contributed by atoms with E-state index in [2.05, 4.69) is 11.9 Å². The van der Waals surface area contributed by atoms with Gasteiger partial charge in [-0.25, -0.2) is 4.39 Å². The normalized spacial score (nSPS) is 20.4. The number of aliphatic hydroxyl groups excluding tert-OH is 1. The lowest BCUT2D eigenvalue weighted by Crippen LogP contribution is -2.32. The van der Waals surface area contributed by atoms with E-state index in [0.717, 1.165) is 25.9 Å². The predicted molar refractivity (Wildman–Crippen MR) is 66.0 cm³/mol. The monoisotopic (exact) mass is 238 g/mol. The first-order valence-electron chi connectivity index (χ1n) is 5.99. The summed E-state index contributed by atoms with van der Waals surface area (Å²) in [6, 6.07) is 4.18. The molecule has 1 atom stereocenters. The molecule has 1 aliphatic rings. The zero-order valence-electron chi connectivity index (χ0n) is 10.1. The Balaban J connectivity index is 2.13. The molecular weight excluding hydrogens is 219 g/mol. The van der Waals surface area contributed by atoms with Gasteiger partial charge in [0.1, 0.15) is 5.82 Å². The molecule has 1 aromatic carbocycles. The number of benzene rings is 1. The fraction of sp³-hybridized carbons (Fsp3) is 0.538. The van der Waals surface area contributed by atoms with Gasteiger partial charge in [0.25, 0.3) is 0 Å². The fourth-order valence-corrected chi connectivity index (χ4v) is 2.40. The van der Waals surface area contributed by atoms with E-state index in [1.165, 1.54) is 18.2 Å². The molecule has 3 nitrogen and oxygen atoms in total. The molecule has 17 heavy (non-hydrogen) atoms. The van der Waals surface area contributed by atoms with Crippen LogP contribution in [-0.2, 0) is 0 Å². The van der Waals surface area contributed by atoms with Gasteiger partial charge in [-0.1, -0.05) is 0 Å². The van der Waals surface area contributed by atoms with Crippen LogP contribution < -0.4 is 5.73 Å². The highest BCUT2D eigenvalue weighted by molar-refractivity contribution is 5.48. The number of anilines is 1. The number of rotatable bonds is 2. The first-order chi connectivity index (χ1) is 8.08. The third kappa shape index (κ3) is 2.76. The van der Waals surface area contributed by atoms with E-state index in [0.29, 0.717) is 11.3 Å². The van der Waals surface area contributed by atoms with Crippen molar-refractivity contribution in [3.63, 3.8) is 0 Å². The summed E-state index contributed by atoms with van der Waals surface area (Å²) >= 11 is 0. The van der Waals surface area contributed by atoms with Crippen molar-refractivity contribution >= 4 is 5.69 Å². The smallest absolute Gasteiger partial charge is 0.123 e. The molecule has 3 N–H and O–H groups in total. The molecule has 0 spiro atoms. The number of nitrogens with two attached hydrogens (primary N) is 1. The van der Waals surface area contributed by atoms with Crippen LogP contribution in [0.4, 0.5) is 10.1 Å². The number of piperidine rings is 1. The first kappa shape index (κ1) is 12.3. The number of aliphatic hydroxyl groups is 1. The van der Waals surface area contributed by atoms with Gasteiger partial charge in [-0.15, -0.1) is 0 Å². The Morgan fingerprint density at radius 1 is 1.41 bits per heavy atom. The van der Waals surface area contributed by atoms with Crippen LogP contribution >= 0.6 is 0 Å². The second-order valence-electron chi connectivity index (χ2n) is 4.86. The van der Waals surface area contributed by atoms with Crippen LogP contribution in [0.5, 0.6) is 0 Å². The summed E-state index contributed by atoms with van der Waals surface area (Å²) in [5, 5.41) is 10.3. The molecule has 0 aromatic heterocycles. The van der Waals surface area contributed by atoms with Crippen LogP contribution in [0.25, 0.3) is 0 Å². The molecule has 4 heteroatoms. The predicted octanol–water partition coefficient (Wildman–Crippen LogP) is 1.78. The number of halogens is 1. The van der Waals surface area contributed by atoms with Gasteiger partial charge in [0.05, 0.1) is 6.10 Å². The van der Waals surface area contributed by atoms with Crippen molar-refractivity contribution in [2.24, 2.45) is 5.92 Å². The van der Waals surface area contributed by atoms with Crippen LogP contribution in [-0.4, -0.2) is 30.1 Å². The minimum absolute atomic E-state index is 0.176. The summed E-state index contributed by atoms with van der Waals surface area (Å²) < 4.78 is 13.2. The molecule has 0 amide bonds. The van der Waals surface area contributed by atoms with Crippen LogP contribution in [0.1, 0.15) is 24.5 Å². The van der Waals surface area contributed by atoms with Gasteiger partial charge in [-0.2, -0.15) is 0 Å². The molecule has 1 aliphatic heterocycles. The highest BCUT2D eigenvalue weighted by Gasteiger charge is 2.26. The van der Waals surface area contributed by atoms with Crippen molar-refractivity contribution in [2.45, 2.75) is 18.9 Å². The lowest BCUT2D eigenvalue weighted by atomic mass is 9.87. The van der Waals surface area contributed by atoms with Gasteiger partial charge in [0.2, 0.25) is 0 Å². The molecule has 2 rings (SSSR count). The largest absolute Gasteiger partial charge is 0.398 e. The fourth-order valence-electron chi connectivity index (χ4n) is 2.40. The Kier molecular flexibility index (Phi) is 3.64. The van der Waals surface area contributed by atoms with Gasteiger partial charge in [0, 0.05) is 11.3 Å². The highest BCUT2D eigenvalue weighted by Crippen LogP contribution is 2.33. The van der Waals surface area contributed by atoms with E-state index < -0.39 is 6.10 Å². The topological polar surface area (TPSA) is 49.5 Å². The Hall–Kier alpha value is -1.13. The van der Waals surface area contributed by atoms with E-state index in [1.807, 2.05) is 0 Å². The molecule has 0 aliphatic carbocycles. The molecule has 94 valence electrons. The number of likely N-dealkylation sites (tertiary alicyclic amines) is 1. The lowest BCUT2D eigenvalue weighted by Gasteiger charge is -2.32. The molecule has 1 fully saturated rings. The minimum Gasteiger partial charge on any atom is -0.398 e. The lowest BCUT2D eigenvalue weighted by molar-refractivity contribution is 0.0660. The van der Waals surface area contributed by atoms with Gasteiger partial charge in [-0.05, 0) is 57.1 Å². The van der Waals surface area contributed by atoms with Crippen LogP contribution in [0, 0.1) is 11.7 Å². The van der Waals surface area contributed by atoms with Crippen molar-refractivity contribution in [1.29, 1.82) is 0 Å². The Bertz CT molecular complexity index is 389. The second kappa shape index (κ2) is 5.02. The van der Waals surface area contributed by atoms with Crippen molar-refractivity contribution in [1.82, 2.24) is 4.90 Å². The van der Waals surface area contributed by atoms with E-state index in [9.17, 15) is 9.50 Å². The summed E-state index contributed by atoms with van der Waals surface area (Å²) in [6.45, 7) is 1.94. The average molecular weight is 238 g/mol. The summed E-state index contributed by atoms with van der Waals surface area (Å²) in [6.07, 6.45) is 1.20. The molecular formula is C13H19FN2O. The summed E-state index contributed by atoms with van der Waals surface area (Å²) in [5.41, 5.74) is 6.78. The van der Waals surface area contributed by atoms with Gasteiger partial charge in [-0.3, -0.25) is 0 Å². The van der Waals surface area contributed by atoms with Crippen molar-refractivity contribution < 1.29 is 9.50 Å². The number of hydrogen-bond donors (Lipinski definition) is 2. The first-order valence-corrected chi connectivity index (χ1v) is 5.99. The molecule has 0 bridgehead atoms. The van der Waals surface area contributed by atoms with E-state index in [1.54, 1.807) is 0 Å². The average Bonchev–Trinajstić information content (AvgIpc) is 2.32. The number of hydrogen-bond acceptors (Lipinski definition) is 3. The van der Waals surface area contributed by atoms with Gasteiger partial charge < -0.3 is 15.7 Å². The standard InChI is InChI=1S/C13H19FN2O/c1-16-6-4-9(5-7-16)13(17)11-8-10(14)2-3-12(11)15/h2-3,8-9,13,17H,4-7,15H2,1H3. The third-order valence-corrected chi connectivity index (χ3v) is 3.58. The highest BCUT2D eigenvalue weighted by atomic mass is 19.1. The number of nitrogens with zero attached hydrogens (tertiary/aromatic N) is 1. The zero-order chi connectivity index (χ0) is 12.4. The van der Waals surface area contributed by atoms with Crippen molar-refractivity contribution in [2.75, 3.05) is 25.9 Å². The Morgan fingerprint density at radius 3 is 2.71 bits per heavy atom. The van der Waals surface area contributed by atoms with Crippen molar-refractivity contribution in [3.05, 3.63) is 29.6 Å². The third-order valence-electron chi connectivity index (χ3n) is 3.58. The van der Waals surface area contributed by atoms with Crippen molar-refractivity contribution in [3.8, 4) is 0 Å². The minimum atomic E-state index is -0.653. The Morgan fingerprint density at radius 2 is 2.06 bits per heavy atom.